The van der Waals surface area contributed by atoms with E-state index in [2.05, 4.69) is 4.98 Å². The monoisotopic (exact) mass is 257 g/mol. The van der Waals surface area contributed by atoms with Gasteiger partial charge in [0, 0.05) is 18.3 Å². The molecule has 3 heteroatoms. The Labute approximate surface area is 113 Å². The molecule has 1 aromatic heterocycles. The van der Waals surface area contributed by atoms with Crippen LogP contribution in [0.15, 0.2) is 48.7 Å². The van der Waals surface area contributed by atoms with Gasteiger partial charge < -0.3 is 9.84 Å². The Bertz CT molecular complexity index is 480. The van der Waals surface area contributed by atoms with Crippen LogP contribution in [0.4, 0.5) is 0 Å². The molecule has 0 amide bonds. The molecule has 0 aliphatic rings. The molecule has 0 radical (unpaired) electrons. The van der Waals surface area contributed by atoms with Crippen LogP contribution in [-0.2, 0) is 12.8 Å². The predicted octanol–water partition coefficient (Wildman–Crippen LogP) is 2.63. The van der Waals surface area contributed by atoms with Crippen molar-refractivity contribution in [2.75, 3.05) is 6.61 Å². The van der Waals surface area contributed by atoms with Gasteiger partial charge in [-0.25, -0.2) is 0 Å². The molecule has 1 N–H and O–H groups in total. The van der Waals surface area contributed by atoms with Crippen molar-refractivity contribution >= 4 is 0 Å². The molecular formula is C16H19NO2. The highest BCUT2D eigenvalue weighted by Crippen LogP contribution is 2.13. The topological polar surface area (TPSA) is 42.4 Å². The van der Waals surface area contributed by atoms with E-state index in [9.17, 15) is 5.11 Å². The minimum atomic E-state index is -0.309. The second kappa shape index (κ2) is 6.90. The summed E-state index contributed by atoms with van der Waals surface area (Å²) in [4.78, 5) is 4.25. The second-order valence-electron chi connectivity index (χ2n) is 4.62. The van der Waals surface area contributed by atoms with Gasteiger partial charge >= 0.3 is 0 Å². The zero-order valence-electron chi connectivity index (χ0n) is 11.1. The van der Waals surface area contributed by atoms with Crippen LogP contribution in [0, 0.1) is 0 Å². The van der Waals surface area contributed by atoms with Crippen molar-refractivity contribution < 1.29 is 9.84 Å². The van der Waals surface area contributed by atoms with Crippen molar-refractivity contribution in [3.8, 4) is 5.75 Å². The van der Waals surface area contributed by atoms with E-state index >= 15 is 0 Å². The fourth-order valence-electron chi connectivity index (χ4n) is 1.88. The molecule has 0 saturated carbocycles. The van der Waals surface area contributed by atoms with E-state index in [0.29, 0.717) is 13.0 Å². The van der Waals surface area contributed by atoms with Crippen LogP contribution in [-0.4, -0.2) is 22.8 Å². The molecule has 1 unspecified atom stereocenters. The summed E-state index contributed by atoms with van der Waals surface area (Å²) in [5.74, 6) is 0.852. The van der Waals surface area contributed by atoms with Gasteiger partial charge in [-0.05, 0) is 43.2 Å². The number of hydrogen-bond acceptors (Lipinski definition) is 3. The third kappa shape index (κ3) is 4.72. The Morgan fingerprint density at radius 2 is 1.95 bits per heavy atom. The molecule has 1 atom stereocenters. The molecular weight excluding hydrogens is 238 g/mol. The third-order valence-corrected chi connectivity index (χ3v) is 2.81. The molecule has 1 aromatic carbocycles. The number of hydrogen-bond donors (Lipinski definition) is 1. The van der Waals surface area contributed by atoms with Gasteiger partial charge in [0.05, 0.1) is 12.7 Å². The standard InChI is InChI=1S/C16H19NO2/c1-13(18)12-14-5-7-16(8-6-14)19-11-9-15-4-2-3-10-17-15/h2-8,10,13,18H,9,11-12H2,1H3. The van der Waals surface area contributed by atoms with Crippen molar-refractivity contribution in [1.29, 1.82) is 0 Å². The number of rotatable bonds is 6. The zero-order chi connectivity index (χ0) is 13.5. The van der Waals surface area contributed by atoms with E-state index in [-0.39, 0.29) is 6.10 Å². The average Bonchev–Trinajstić information content (AvgIpc) is 2.41. The summed E-state index contributed by atoms with van der Waals surface area (Å²) in [7, 11) is 0. The van der Waals surface area contributed by atoms with Crippen LogP contribution in [0.5, 0.6) is 5.75 Å². The van der Waals surface area contributed by atoms with Crippen molar-refractivity contribution in [2.24, 2.45) is 0 Å². The summed E-state index contributed by atoms with van der Waals surface area (Å²) < 4.78 is 5.67. The first-order valence-electron chi connectivity index (χ1n) is 6.54. The highest BCUT2D eigenvalue weighted by molar-refractivity contribution is 5.27. The number of aliphatic hydroxyl groups excluding tert-OH is 1. The molecule has 2 aromatic rings. The van der Waals surface area contributed by atoms with Crippen LogP contribution >= 0.6 is 0 Å². The van der Waals surface area contributed by atoms with Gasteiger partial charge in [0.2, 0.25) is 0 Å². The Kier molecular flexibility index (Phi) is 4.93. The summed E-state index contributed by atoms with van der Waals surface area (Å²) in [6.45, 7) is 2.41. The van der Waals surface area contributed by atoms with Gasteiger partial charge in [-0.2, -0.15) is 0 Å². The van der Waals surface area contributed by atoms with Gasteiger partial charge in [-0.1, -0.05) is 18.2 Å². The lowest BCUT2D eigenvalue weighted by atomic mass is 10.1. The summed E-state index contributed by atoms with van der Waals surface area (Å²) in [6.07, 6.45) is 2.96. The number of benzene rings is 1. The average molecular weight is 257 g/mol. The summed E-state index contributed by atoms with van der Waals surface area (Å²) in [5.41, 5.74) is 2.15. The van der Waals surface area contributed by atoms with Crippen molar-refractivity contribution in [1.82, 2.24) is 4.98 Å². The molecule has 1 heterocycles. The minimum Gasteiger partial charge on any atom is -0.493 e. The molecule has 3 nitrogen and oxygen atoms in total. The van der Waals surface area contributed by atoms with E-state index in [1.165, 1.54) is 0 Å². The Morgan fingerprint density at radius 3 is 2.58 bits per heavy atom. The normalized spacial score (nSPS) is 12.1. The fraction of sp³-hybridized carbons (Fsp3) is 0.312. The van der Waals surface area contributed by atoms with E-state index < -0.39 is 0 Å². The van der Waals surface area contributed by atoms with E-state index in [1.807, 2.05) is 42.5 Å². The molecule has 100 valence electrons. The molecule has 0 aliphatic carbocycles. The summed E-state index contributed by atoms with van der Waals surface area (Å²) in [5, 5.41) is 9.30. The molecule has 0 fully saturated rings. The first-order chi connectivity index (χ1) is 9.24. The smallest absolute Gasteiger partial charge is 0.119 e. The number of aliphatic hydroxyl groups is 1. The van der Waals surface area contributed by atoms with Crippen molar-refractivity contribution in [3.05, 3.63) is 59.9 Å². The maximum Gasteiger partial charge on any atom is 0.119 e. The van der Waals surface area contributed by atoms with E-state index in [1.54, 1.807) is 13.1 Å². The maximum atomic E-state index is 9.30. The van der Waals surface area contributed by atoms with Crippen LogP contribution in [0.1, 0.15) is 18.2 Å². The first kappa shape index (κ1) is 13.6. The predicted molar refractivity (Wildman–Crippen MR) is 75.3 cm³/mol. The quantitative estimate of drug-likeness (QED) is 0.865. The Morgan fingerprint density at radius 1 is 1.16 bits per heavy atom. The zero-order valence-corrected chi connectivity index (χ0v) is 11.1. The first-order valence-corrected chi connectivity index (χ1v) is 6.54. The molecule has 0 saturated heterocycles. The molecule has 0 bridgehead atoms. The van der Waals surface area contributed by atoms with Gasteiger partial charge in [0.25, 0.3) is 0 Å². The number of pyridine rings is 1. The minimum absolute atomic E-state index is 0.309. The van der Waals surface area contributed by atoms with Crippen LogP contribution in [0.25, 0.3) is 0 Å². The van der Waals surface area contributed by atoms with Gasteiger partial charge in [0.1, 0.15) is 5.75 Å². The second-order valence-corrected chi connectivity index (χ2v) is 4.62. The van der Waals surface area contributed by atoms with Crippen LogP contribution < -0.4 is 4.74 Å². The Hall–Kier alpha value is -1.87. The van der Waals surface area contributed by atoms with E-state index in [0.717, 1.165) is 23.4 Å². The number of nitrogens with zero attached hydrogens (tertiary/aromatic N) is 1. The molecule has 19 heavy (non-hydrogen) atoms. The number of ether oxygens (including phenoxy) is 1. The Balaban J connectivity index is 1.80. The third-order valence-electron chi connectivity index (χ3n) is 2.81. The van der Waals surface area contributed by atoms with Crippen LogP contribution in [0.3, 0.4) is 0 Å². The van der Waals surface area contributed by atoms with Gasteiger partial charge in [-0.3, -0.25) is 4.98 Å². The van der Waals surface area contributed by atoms with Crippen LogP contribution in [0.2, 0.25) is 0 Å². The highest BCUT2D eigenvalue weighted by Gasteiger charge is 2.00. The lowest BCUT2D eigenvalue weighted by molar-refractivity contribution is 0.195. The SMILES string of the molecule is CC(O)Cc1ccc(OCCc2ccccn2)cc1. The fourth-order valence-corrected chi connectivity index (χ4v) is 1.88. The largest absolute Gasteiger partial charge is 0.493 e. The summed E-state index contributed by atoms with van der Waals surface area (Å²) in [6, 6.07) is 13.7. The lowest BCUT2D eigenvalue weighted by Crippen LogP contribution is -2.05. The van der Waals surface area contributed by atoms with Crippen molar-refractivity contribution in [3.63, 3.8) is 0 Å². The van der Waals surface area contributed by atoms with Crippen molar-refractivity contribution in [2.45, 2.75) is 25.9 Å². The maximum absolute atomic E-state index is 9.30. The lowest BCUT2D eigenvalue weighted by Gasteiger charge is -2.08. The molecule has 2 rings (SSSR count). The van der Waals surface area contributed by atoms with Gasteiger partial charge in [-0.15, -0.1) is 0 Å². The van der Waals surface area contributed by atoms with E-state index in [4.69, 9.17) is 4.74 Å². The molecule has 0 aliphatic heterocycles. The summed E-state index contributed by atoms with van der Waals surface area (Å²) >= 11 is 0. The number of aromatic nitrogens is 1. The van der Waals surface area contributed by atoms with Gasteiger partial charge in [0.15, 0.2) is 0 Å². The highest BCUT2D eigenvalue weighted by atomic mass is 16.5. The molecule has 0 spiro atoms.